The maximum Gasteiger partial charge on any atom is 0.254 e. The predicted octanol–water partition coefficient (Wildman–Crippen LogP) is 4.04. The van der Waals surface area contributed by atoms with E-state index in [1.807, 2.05) is 48.5 Å². The fourth-order valence-electron chi connectivity index (χ4n) is 9.25. The summed E-state index contributed by atoms with van der Waals surface area (Å²) in [5, 5.41) is 5.72. The number of amides is 4. The minimum absolute atomic E-state index is 0.0595. The quantitative estimate of drug-likeness (QED) is 0.269. The largest absolute Gasteiger partial charge is 0.495 e. The summed E-state index contributed by atoms with van der Waals surface area (Å²) in [4.78, 5) is 57.6. The Bertz CT molecular complexity index is 1780. The third kappa shape index (κ3) is 2.84. The highest BCUT2D eigenvalue weighted by molar-refractivity contribution is 6.25. The molecule has 10 rings (SSSR count). The van der Waals surface area contributed by atoms with Crippen LogP contribution >= 0.6 is 0 Å². The highest BCUT2D eigenvalue weighted by Crippen LogP contribution is 2.64. The average Bonchev–Trinajstić information content (AvgIpc) is 3.78. The maximum atomic E-state index is 14.6. The molecule has 2 heterocycles. The van der Waals surface area contributed by atoms with Crippen molar-refractivity contribution >= 4 is 35.5 Å². The number of imide groups is 2. The molecule has 212 valence electrons. The standard InChI is InChI=1S/C35H27N3O5/c1-43-25-13-7-6-12-24(25)37-31(39)29-28-20-8-2-4-10-22(20)35(30(29)34(37)42,23-11-5-3-9-21(23)28)17-36-38-32(40)26-18-14-15-19(16-18)27(26)33(38)41/h2-15,17-19,26-30H,16H2,1H3/b36-17-/t18-,19-,26-,27+,28?,29+,30+,35?/m0/s1. The third-order valence-electron chi connectivity index (χ3n) is 10.8. The smallest absolute Gasteiger partial charge is 0.254 e. The second kappa shape index (κ2) is 8.37. The van der Waals surface area contributed by atoms with Crippen molar-refractivity contribution in [2.24, 2.45) is 40.6 Å². The van der Waals surface area contributed by atoms with Gasteiger partial charge in [-0.15, -0.1) is 0 Å². The lowest BCUT2D eigenvalue weighted by Crippen LogP contribution is -2.55. The molecule has 3 fully saturated rings. The molecule has 0 aromatic heterocycles. The van der Waals surface area contributed by atoms with Gasteiger partial charge in [-0.25, -0.2) is 4.90 Å². The van der Waals surface area contributed by atoms with E-state index in [1.54, 1.807) is 30.5 Å². The number of carbonyl (C=O) groups excluding carboxylic acids is 4. The van der Waals surface area contributed by atoms with Gasteiger partial charge in [0, 0.05) is 12.1 Å². The van der Waals surface area contributed by atoms with E-state index in [0.29, 0.717) is 11.4 Å². The Labute approximate surface area is 247 Å². The Hall–Kier alpha value is -4.85. The van der Waals surface area contributed by atoms with Crippen LogP contribution in [0.4, 0.5) is 5.69 Å². The molecule has 4 amide bonds. The molecule has 3 aromatic rings. The normalized spacial score (nSPS) is 34.3. The van der Waals surface area contributed by atoms with Crippen LogP contribution in [0, 0.1) is 35.5 Å². The topological polar surface area (TPSA) is 96.3 Å². The molecule has 2 aliphatic heterocycles. The number of fused-ring (bicyclic) bond motifs is 5. The van der Waals surface area contributed by atoms with Crippen molar-refractivity contribution in [3.05, 3.63) is 107 Å². The van der Waals surface area contributed by atoms with Gasteiger partial charge in [-0.1, -0.05) is 72.8 Å². The van der Waals surface area contributed by atoms with Gasteiger partial charge in [0.15, 0.2) is 0 Å². The molecular formula is C35H27N3O5. The van der Waals surface area contributed by atoms with Crippen LogP contribution in [0.15, 0.2) is 90.0 Å². The monoisotopic (exact) mass is 569 g/mol. The van der Waals surface area contributed by atoms with Crippen LogP contribution in [0.1, 0.15) is 34.6 Å². The number of carbonyl (C=O) groups is 4. The summed E-state index contributed by atoms with van der Waals surface area (Å²) in [5.74, 6) is -3.30. The Morgan fingerprint density at radius 2 is 1.33 bits per heavy atom. The van der Waals surface area contributed by atoms with Crippen molar-refractivity contribution < 1.29 is 23.9 Å². The van der Waals surface area contributed by atoms with Crippen LogP contribution in [-0.2, 0) is 24.6 Å². The van der Waals surface area contributed by atoms with Gasteiger partial charge in [0.2, 0.25) is 11.8 Å². The van der Waals surface area contributed by atoms with Crippen LogP contribution in [0.25, 0.3) is 0 Å². The van der Waals surface area contributed by atoms with Crippen molar-refractivity contribution in [3.63, 3.8) is 0 Å². The highest BCUT2D eigenvalue weighted by Gasteiger charge is 2.68. The summed E-state index contributed by atoms with van der Waals surface area (Å²) in [6.07, 6.45) is 6.56. The second-order valence-corrected chi connectivity index (χ2v) is 12.4. The van der Waals surface area contributed by atoms with Gasteiger partial charge in [-0.3, -0.25) is 19.2 Å². The summed E-state index contributed by atoms with van der Waals surface area (Å²) in [6.45, 7) is 0. The van der Waals surface area contributed by atoms with Gasteiger partial charge < -0.3 is 4.74 Å². The van der Waals surface area contributed by atoms with Crippen LogP contribution in [0.2, 0.25) is 0 Å². The number of hydrogen-bond donors (Lipinski definition) is 0. The number of nitrogens with zero attached hydrogens (tertiary/aromatic N) is 3. The van der Waals surface area contributed by atoms with E-state index in [9.17, 15) is 19.2 Å². The fourth-order valence-corrected chi connectivity index (χ4v) is 9.25. The van der Waals surface area contributed by atoms with Gasteiger partial charge in [0.1, 0.15) is 5.75 Å². The van der Waals surface area contributed by atoms with Gasteiger partial charge in [0.25, 0.3) is 11.8 Å². The predicted molar refractivity (Wildman–Crippen MR) is 156 cm³/mol. The van der Waals surface area contributed by atoms with E-state index in [2.05, 4.69) is 17.3 Å². The van der Waals surface area contributed by atoms with E-state index in [0.717, 1.165) is 33.7 Å². The molecule has 6 atom stereocenters. The summed E-state index contributed by atoms with van der Waals surface area (Å²) in [6, 6.07) is 22.7. The summed E-state index contributed by atoms with van der Waals surface area (Å²) in [5.41, 5.74) is 2.87. The second-order valence-electron chi connectivity index (χ2n) is 12.4. The Kier molecular flexibility index (Phi) is 4.81. The summed E-state index contributed by atoms with van der Waals surface area (Å²) in [7, 11) is 1.52. The average molecular weight is 570 g/mol. The lowest BCUT2D eigenvalue weighted by Gasteiger charge is -2.52. The van der Waals surface area contributed by atoms with Gasteiger partial charge >= 0.3 is 0 Å². The van der Waals surface area contributed by atoms with Gasteiger partial charge in [-0.05, 0) is 52.6 Å². The van der Waals surface area contributed by atoms with Crippen LogP contribution < -0.4 is 9.64 Å². The first-order valence-electron chi connectivity index (χ1n) is 14.8. The molecule has 3 aromatic carbocycles. The lowest BCUT2D eigenvalue weighted by atomic mass is 9.47. The summed E-state index contributed by atoms with van der Waals surface area (Å²) < 4.78 is 5.56. The molecule has 8 heteroatoms. The van der Waals surface area contributed by atoms with E-state index in [1.165, 1.54) is 12.0 Å². The number of benzene rings is 3. The van der Waals surface area contributed by atoms with Gasteiger partial charge in [-0.2, -0.15) is 10.1 Å². The molecule has 4 bridgehead atoms. The number of para-hydroxylation sites is 2. The van der Waals surface area contributed by atoms with Crippen molar-refractivity contribution in [3.8, 4) is 5.75 Å². The molecule has 5 aliphatic carbocycles. The number of hydrazone groups is 1. The van der Waals surface area contributed by atoms with Crippen molar-refractivity contribution in [2.75, 3.05) is 12.0 Å². The first-order chi connectivity index (χ1) is 21.0. The molecule has 43 heavy (non-hydrogen) atoms. The number of allylic oxidation sites excluding steroid dienone is 2. The molecule has 2 saturated heterocycles. The molecular weight excluding hydrogens is 542 g/mol. The number of methoxy groups -OCH3 is 1. The Balaban J connectivity index is 1.25. The molecule has 8 nitrogen and oxygen atoms in total. The Morgan fingerprint density at radius 1 is 0.744 bits per heavy atom. The molecule has 0 spiro atoms. The minimum Gasteiger partial charge on any atom is -0.495 e. The van der Waals surface area contributed by atoms with Crippen molar-refractivity contribution in [1.82, 2.24) is 5.01 Å². The van der Waals surface area contributed by atoms with E-state index >= 15 is 0 Å². The maximum absolute atomic E-state index is 14.6. The number of anilines is 1. The summed E-state index contributed by atoms with van der Waals surface area (Å²) >= 11 is 0. The first-order valence-corrected chi connectivity index (χ1v) is 14.8. The highest BCUT2D eigenvalue weighted by atomic mass is 16.5. The van der Waals surface area contributed by atoms with E-state index in [-0.39, 0.29) is 53.2 Å². The Morgan fingerprint density at radius 3 is 1.95 bits per heavy atom. The van der Waals surface area contributed by atoms with Gasteiger partial charge in [0.05, 0.1) is 41.9 Å². The van der Waals surface area contributed by atoms with Crippen LogP contribution in [0.5, 0.6) is 5.75 Å². The SMILES string of the molecule is COc1ccccc1N1C(=O)[C@@H]2C3c4ccccc4C(/C=N\N4C(=O)[C@@H]5[C@H](C4=O)[C@H]4C=C[C@H]5C4)(c4ccccc43)[C@H]2C1=O. The number of rotatable bonds is 4. The zero-order chi connectivity index (χ0) is 29.2. The minimum atomic E-state index is -1.17. The number of hydrogen-bond acceptors (Lipinski definition) is 6. The van der Waals surface area contributed by atoms with Crippen LogP contribution in [0.3, 0.4) is 0 Å². The lowest BCUT2D eigenvalue weighted by molar-refractivity contribution is -0.140. The molecule has 0 unspecified atom stereocenters. The van der Waals surface area contributed by atoms with E-state index in [4.69, 9.17) is 4.74 Å². The first kappa shape index (κ1) is 24.7. The third-order valence-corrected chi connectivity index (χ3v) is 10.8. The van der Waals surface area contributed by atoms with Crippen LogP contribution in [-0.4, -0.2) is 42.0 Å². The van der Waals surface area contributed by atoms with E-state index < -0.39 is 17.3 Å². The zero-order valence-corrected chi connectivity index (χ0v) is 23.3. The molecule has 0 N–H and O–H groups in total. The van der Waals surface area contributed by atoms with Crippen molar-refractivity contribution in [2.45, 2.75) is 17.8 Å². The fraction of sp³-hybridized carbons (Fsp3) is 0.286. The molecule has 7 aliphatic rings. The number of ether oxygens (including phenoxy) is 1. The molecule has 0 radical (unpaired) electrons. The molecule has 1 saturated carbocycles. The van der Waals surface area contributed by atoms with Crippen molar-refractivity contribution in [1.29, 1.82) is 0 Å². The zero-order valence-electron chi connectivity index (χ0n) is 23.3.